The second-order valence-electron chi connectivity index (χ2n) is 4.45. The molecule has 0 amide bonds. The Labute approximate surface area is 113 Å². The maximum absolute atomic E-state index is 12.1. The fourth-order valence-electron chi connectivity index (χ4n) is 1.75. The summed E-state index contributed by atoms with van der Waals surface area (Å²) in [4.78, 5) is 10.8. The monoisotopic (exact) mass is 320 g/mol. The lowest BCUT2D eigenvalue weighted by atomic mass is 10.0. The lowest BCUT2D eigenvalue weighted by molar-refractivity contribution is -0.200. The second kappa shape index (κ2) is 6.24. The Morgan fingerprint density at radius 1 is 1.45 bits per heavy atom. The first-order chi connectivity index (χ1) is 9.04. The minimum Gasteiger partial charge on any atom is -0.481 e. The van der Waals surface area contributed by atoms with Crippen molar-refractivity contribution in [3.8, 4) is 0 Å². The number of nitrogens with one attached hydrogen (secondary N) is 1. The van der Waals surface area contributed by atoms with Crippen LogP contribution in [0.2, 0.25) is 0 Å². The number of aliphatic hydroxyl groups is 1. The van der Waals surface area contributed by atoms with Gasteiger partial charge in [0.05, 0.1) is 5.92 Å². The molecule has 1 saturated heterocycles. The van der Waals surface area contributed by atoms with Gasteiger partial charge in [-0.2, -0.15) is 30.6 Å². The smallest absolute Gasteiger partial charge is 0.415 e. The highest BCUT2D eigenvalue weighted by molar-refractivity contribution is 7.87. The van der Waals surface area contributed by atoms with Crippen LogP contribution >= 0.6 is 0 Å². The third kappa shape index (κ3) is 4.58. The summed E-state index contributed by atoms with van der Waals surface area (Å²) in [5.74, 6) is -2.03. The predicted octanol–water partition coefficient (Wildman–Crippen LogP) is -0.459. The van der Waals surface area contributed by atoms with Crippen LogP contribution in [-0.2, 0) is 15.0 Å². The van der Waals surface area contributed by atoms with E-state index in [1.54, 1.807) is 4.72 Å². The molecule has 0 spiro atoms. The van der Waals surface area contributed by atoms with E-state index in [2.05, 4.69) is 0 Å². The molecule has 3 N–H and O–H groups in total. The summed E-state index contributed by atoms with van der Waals surface area (Å²) < 4.78 is 62.0. The zero-order valence-electron chi connectivity index (χ0n) is 10.3. The van der Waals surface area contributed by atoms with E-state index in [4.69, 9.17) is 10.2 Å². The van der Waals surface area contributed by atoms with Crippen LogP contribution in [-0.4, -0.2) is 60.8 Å². The van der Waals surface area contributed by atoms with Gasteiger partial charge in [0.25, 0.3) is 10.2 Å². The van der Waals surface area contributed by atoms with Crippen molar-refractivity contribution in [2.24, 2.45) is 5.92 Å². The zero-order valence-corrected chi connectivity index (χ0v) is 11.1. The number of aliphatic carboxylic acids is 1. The Bertz CT molecular complexity index is 453. The van der Waals surface area contributed by atoms with E-state index in [0.717, 1.165) is 4.31 Å². The normalized spacial score (nSPS) is 23.5. The van der Waals surface area contributed by atoms with Gasteiger partial charge in [0, 0.05) is 19.6 Å². The molecule has 20 heavy (non-hydrogen) atoms. The summed E-state index contributed by atoms with van der Waals surface area (Å²) in [6.07, 6.45) is -7.11. The average molecular weight is 320 g/mol. The SMILES string of the molecule is O=C(O)C1CCCN(S(=O)(=O)NCC(O)C(F)(F)F)C1. The molecule has 1 heterocycles. The van der Waals surface area contributed by atoms with Crippen LogP contribution < -0.4 is 4.72 Å². The number of halogens is 3. The molecule has 0 aromatic rings. The summed E-state index contributed by atoms with van der Waals surface area (Å²) in [6, 6.07) is 0. The molecule has 2 atom stereocenters. The molecular formula is C9H15F3N2O5S. The molecule has 1 fully saturated rings. The van der Waals surface area contributed by atoms with Crippen molar-refractivity contribution in [1.82, 2.24) is 9.03 Å². The van der Waals surface area contributed by atoms with E-state index in [1.807, 2.05) is 0 Å². The highest BCUT2D eigenvalue weighted by Gasteiger charge is 2.39. The van der Waals surface area contributed by atoms with Gasteiger partial charge in [0.1, 0.15) is 0 Å². The number of carbonyl (C=O) groups is 1. The lowest BCUT2D eigenvalue weighted by Crippen LogP contribution is -2.50. The van der Waals surface area contributed by atoms with Crippen molar-refractivity contribution in [2.45, 2.75) is 25.1 Å². The zero-order chi connectivity index (χ0) is 15.6. The van der Waals surface area contributed by atoms with Crippen LogP contribution in [0.1, 0.15) is 12.8 Å². The van der Waals surface area contributed by atoms with Crippen molar-refractivity contribution in [3.05, 3.63) is 0 Å². The Morgan fingerprint density at radius 3 is 2.55 bits per heavy atom. The van der Waals surface area contributed by atoms with Crippen LogP contribution in [0.15, 0.2) is 0 Å². The summed E-state index contributed by atoms with van der Waals surface area (Å²) >= 11 is 0. The van der Waals surface area contributed by atoms with E-state index in [1.165, 1.54) is 0 Å². The number of rotatable bonds is 5. The minimum absolute atomic E-state index is 0.0290. The second-order valence-corrected chi connectivity index (χ2v) is 6.20. The van der Waals surface area contributed by atoms with Crippen LogP contribution in [0.25, 0.3) is 0 Å². The van der Waals surface area contributed by atoms with E-state index in [9.17, 15) is 26.4 Å². The van der Waals surface area contributed by atoms with E-state index in [-0.39, 0.29) is 13.1 Å². The molecule has 0 aliphatic carbocycles. The van der Waals surface area contributed by atoms with Gasteiger partial charge in [0.2, 0.25) is 0 Å². The summed E-state index contributed by atoms with van der Waals surface area (Å²) in [5, 5.41) is 17.5. The fraction of sp³-hybridized carbons (Fsp3) is 0.889. The number of alkyl halides is 3. The molecule has 1 aliphatic rings. The number of carboxylic acid groups (broad SMARTS) is 1. The van der Waals surface area contributed by atoms with Crippen molar-refractivity contribution in [1.29, 1.82) is 0 Å². The van der Waals surface area contributed by atoms with Crippen molar-refractivity contribution in [3.63, 3.8) is 0 Å². The van der Waals surface area contributed by atoms with Gasteiger partial charge < -0.3 is 10.2 Å². The molecular weight excluding hydrogens is 305 g/mol. The summed E-state index contributed by atoms with van der Waals surface area (Å²) in [6.45, 7) is -1.48. The molecule has 1 rings (SSSR count). The van der Waals surface area contributed by atoms with Crippen molar-refractivity contribution >= 4 is 16.2 Å². The maximum Gasteiger partial charge on any atom is 0.415 e. The average Bonchev–Trinajstić information content (AvgIpc) is 2.35. The van der Waals surface area contributed by atoms with Gasteiger partial charge in [-0.05, 0) is 12.8 Å². The number of hydrogen-bond donors (Lipinski definition) is 3. The van der Waals surface area contributed by atoms with Crippen LogP contribution in [0.5, 0.6) is 0 Å². The van der Waals surface area contributed by atoms with Crippen molar-refractivity contribution in [2.75, 3.05) is 19.6 Å². The highest BCUT2D eigenvalue weighted by atomic mass is 32.2. The molecule has 1 aliphatic heterocycles. The quantitative estimate of drug-likeness (QED) is 0.635. The Kier molecular flexibility index (Phi) is 5.35. The molecule has 0 radical (unpaired) electrons. The van der Waals surface area contributed by atoms with E-state index >= 15 is 0 Å². The number of nitrogens with zero attached hydrogens (tertiary/aromatic N) is 1. The first-order valence-electron chi connectivity index (χ1n) is 5.76. The number of carboxylic acids is 1. The van der Waals surface area contributed by atoms with Gasteiger partial charge >= 0.3 is 12.1 Å². The van der Waals surface area contributed by atoms with Gasteiger partial charge in [-0.25, -0.2) is 0 Å². The third-order valence-corrected chi connectivity index (χ3v) is 4.45. The first-order valence-corrected chi connectivity index (χ1v) is 7.20. The maximum atomic E-state index is 12.1. The first kappa shape index (κ1) is 17.1. The molecule has 118 valence electrons. The number of aliphatic hydroxyl groups excluding tert-OH is 1. The molecule has 0 bridgehead atoms. The van der Waals surface area contributed by atoms with E-state index in [0.29, 0.717) is 12.8 Å². The summed E-state index contributed by atoms with van der Waals surface area (Å²) in [5.41, 5.74) is 0. The third-order valence-electron chi connectivity index (χ3n) is 2.91. The minimum atomic E-state index is -4.92. The highest BCUT2D eigenvalue weighted by Crippen LogP contribution is 2.21. The van der Waals surface area contributed by atoms with Gasteiger partial charge in [-0.15, -0.1) is 0 Å². The molecule has 11 heteroatoms. The molecule has 0 aromatic carbocycles. The van der Waals surface area contributed by atoms with Gasteiger partial charge in [-0.3, -0.25) is 4.79 Å². The molecule has 2 unspecified atom stereocenters. The topological polar surface area (TPSA) is 107 Å². The van der Waals surface area contributed by atoms with Gasteiger partial charge in [-0.1, -0.05) is 0 Å². The Balaban J connectivity index is 2.62. The molecule has 7 nitrogen and oxygen atoms in total. The van der Waals surface area contributed by atoms with Crippen LogP contribution in [0.3, 0.4) is 0 Å². The number of hydrogen-bond acceptors (Lipinski definition) is 4. The molecule has 0 aromatic heterocycles. The van der Waals surface area contributed by atoms with E-state index < -0.39 is 40.9 Å². The van der Waals surface area contributed by atoms with Crippen LogP contribution in [0, 0.1) is 5.92 Å². The fourth-order valence-corrected chi connectivity index (χ4v) is 3.05. The van der Waals surface area contributed by atoms with Crippen molar-refractivity contribution < 1.29 is 36.6 Å². The lowest BCUT2D eigenvalue weighted by Gasteiger charge is -2.30. The van der Waals surface area contributed by atoms with Gasteiger partial charge in [0.15, 0.2) is 6.10 Å². The largest absolute Gasteiger partial charge is 0.481 e. The number of piperidine rings is 1. The Morgan fingerprint density at radius 2 is 2.05 bits per heavy atom. The standard InChI is InChI=1S/C9H15F3N2O5S/c10-9(11,12)7(15)4-13-20(18,19)14-3-1-2-6(5-14)8(16)17/h6-7,13,15H,1-5H2,(H,16,17). The molecule has 0 saturated carbocycles. The Hall–Kier alpha value is -0.910. The van der Waals surface area contributed by atoms with Crippen LogP contribution in [0.4, 0.5) is 13.2 Å². The summed E-state index contributed by atoms with van der Waals surface area (Å²) in [7, 11) is -4.25. The predicted molar refractivity (Wildman–Crippen MR) is 60.9 cm³/mol.